The number of phenolic OH excluding ortho intramolecular Hbond substituents is 1. The van der Waals surface area contributed by atoms with E-state index in [2.05, 4.69) is 32.9 Å². The highest BCUT2D eigenvalue weighted by Gasteiger charge is 2.10. The van der Waals surface area contributed by atoms with Crippen molar-refractivity contribution < 1.29 is 5.11 Å². The minimum atomic E-state index is 0.327. The quantitative estimate of drug-likeness (QED) is 0.770. The van der Waals surface area contributed by atoms with Gasteiger partial charge in [0, 0.05) is 11.6 Å². The van der Waals surface area contributed by atoms with E-state index in [0.717, 1.165) is 12.0 Å². The summed E-state index contributed by atoms with van der Waals surface area (Å²) in [5, 5.41) is 9.71. The van der Waals surface area contributed by atoms with Gasteiger partial charge in [0.15, 0.2) is 0 Å². The van der Waals surface area contributed by atoms with Crippen molar-refractivity contribution in [3.8, 4) is 5.75 Å². The van der Waals surface area contributed by atoms with Crippen LogP contribution in [0.25, 0.3) is 0 Å². The van der Waals surface area contributed by atoms with E-state index in [0.29, 0.717) is 11.7 Å². The molecule has 0 aliphatic rings. The standard InChI is InChI=1S/C13H19O/c1-4-5-7-11-8-6-9-12(14)13(11)10(2)3/h6,8,10,14H,4-5,7H2,1-3H3. The van der Waals surface area contributed by atoms with Gasteiger partial charge < -0.3 is 5.11 Å². The number of aryl methyl sites for hydroxylation is 1. The molecule has 1 radical (unpaired) electrons. The van der Waals surface area contributed by atoms with E-state index in [-0.39, 0.29) is 0 Å². The molecule has 1 heteroatoms. The lowest BCUT2D eigenvalue weighted by atomic mass is 9.93. The monoisotopic (exact) mass is 191 g/mol. The summed E-state index contributed by atoms with van der Waals surface area (Å²) in [5.41, 5.74) is 2.35. The van der Waals surface area contributed by atoms with Crippen molar-refractivity contribution in [1.82, 2.24) is 0 Å². The third kappa shape index (κ3) is 2.50. The van der Waals surface area contributed by atoms with Gasteiger partial charge >= 0.3 is 0 Å². The van der Waals surface area contributed by atoms with E-state index < -0.39 is 0 Å². The Labute approximate surface area is 86.8 Å². The SMILES string of the molecule is CCCCc1cc[c]c(O)c1C(C)C. The van der Waals surface area contributed by atoms with E-state index in [4.69, 9.17) is 0 Å². The number of aromatic hydroxyl groups is 1. The molecule has 14 heavy (non-hydrogen) atoms. The lowest BCUT2D eigenvalue weighted by Gasteiger charge is -2.13. The minimum absolute atomic E-state index is 0.327. The van der Waals surface area contributed by atoms with Gasteiger partial charge in [-0.05, 0) is 24.3 Å². The zero-order valence-electron chi connectivity index (χ0n) is 9.30. The Balaban J connectivity index is 2.96. The molecule has 0 amide bonds. The van der Waals surface area contributed by atoms with Gasteiger partial charge in [-0.3, -0.25) is 0 Å². The third-order valence-corrected chi connectivity index (χ3v) is 2.48. The van der Waals surface area contributed by atoms with Crippen molar-refractivity contribution in [1.29, 1.82) is 0 Å². The van der Waals surface area contributed by atoms with Crippen molar-refractivity contribution in [3.05, 3.63) is 29.3 Å². The summed E-state index contributed by atoms with van der Waals surface area (Å²) in [6.07, 6.45) is 3.44. The fourth-order valence-electron chi connectivity index (χ4n) is 1.77. The van der Waals surface area contributed by atoms with Crippen LogP contribution in [-0.4, -0.2) is 5.11 Å². The maximum Gasteiger partial charge on any atom is 0.127 e. The van der Waals surface area contributed by atoms with Crippen LogP contribution in [0.15, 0.2) is 12.1 Å². The molecule has 1 aromatic carbocycles. The first kappa shape index (κ1) is 11.1. The van der Waals surface area contributed by atoms with Crippen LogP contribution in [0.5, 0.6) is 5.75 Å². The predicted octanol–water partition coefficient (Wildman–Crippen LogP) is 3.66. The van der Waals surface area contributed by atoms with Crippen LogP contribution in [0.1, 0.15) is 50.7 Å². The molecule has 1 aromatic rings. The molecular weight excluding hydrogens is 172 g/mol. The molecule has 0 saturated carbocycles. The molecule has 0 saturated heterocycles. The van der Waals surface area contributed by atoms with Gasteiger partial charge in [0.1, 0.15) is 5.75 Å². The van der Waals surface area contributed by atoms with Gasteiger partial charge in [-0.25, -0.2) is 0 Å². The predicted molar refractivity (Wildman–Crippen MR) is 59.6 cm³/mol. The van der Waals surface area contributed by atoms with Gasteiger partial charge in [-0.1, -0.05) is 39.3 Å². The van der Waals surface area contributed by atoms with Crippen LogP contribution in [0.3, 0.4) is 0 Å². The molecule has 0 aromatic heterocycles. The fourth-order valence-corrected chi connectivity index (χ4v) is 1.77. The molecule has 0 aliphatic heterocycles. The van der Waals surface area contributed by atoms with Gasteiger partial charge in [-0.15, -0.1) is 0 Å². The lowest BCUT2D eigenvalue weighted by Crippen LogP contribution is -1.97. The Bertz CT molecular complexity index is 289. The highest BCUT2D eigenvalue weighted by atomic mass is 16.3. The summed E-state index contributed by atoms with van der Waals surface area (Å²) in [5.74, 6) is 0.702. The summed E-state index contributed by atoms with van der Waals surface area (Å²) in [4.78, 5) is 0. The number of rotatable bonds is 4. The van der Waals surface area contributed by atoms with E-state index in [1.165, 1.54) is 18.4 Å². The number of phenols is 1. The average Bonchev–Trinajstić information content (AvgIpc) is 2.14. The molecule has 1 nitrogen and oxygen atoms in total. The summed E-state index contributed by atoms with van der Waals surface area (Å²) in [7, 11) is 0. The summed E-state index contributed by atoms with van der Waals surface area (Å²) in [6.45, 7) is 6.40. The maximum absolute atomic E-state index is 9.71. The first-order valence-corrected chi connectivity index (χ1v) is 5.39. The van der Waals surface area contributed by atoms with Crippen LogP contribution < -0.4 is 0 Å². The molecule has 1 N–H and O–H groups in total. The molecule has 0 aliphatic carbocycles. The molecule has 0 unspecified atom stereocenters. The fraction of sp³-hybridized carbons (Fsp3) is 0.538. The van der Waals surface area contributed by atoms with E-state index in [9.17, 15) is 5.11 Å². The summed E-state index contributed by atoms with van der Waals surface area (Å²) >= 11 is 0. The molecule has 0 spiro atoms. The van der Waals surface area contributed by atoms with Crippen molar-refractivity contribution in [2.75, 3.05) is 0 Å². The summed E-state index contributed by atoms with van der Waals surface area (Å²) < 4.78 is 0. The average molecular weight is 191 g/mol. The first-order chi connectivity index (χ1) is 6.66. The van der Waals surface area contributed by atoms with Gasteiger partial charge in [-0.2, -0.15) is 0 Å². The Morgan fingerprint density at radius 3 is 2.71 bits per heavy atom. The second-order valence-electron chi connectivity index (χ2n) is 4.02. The Kier molecular flexibility index (Phi) is 3.99. The maximum atomic E-state index is 9.71. The Hall–Kier alpha value is -0.980. The summed E-state index contributed by atoms with van der Waals surface area (Å²) in [6, 6.07) is 6.74. The molecule has 0 heterocycles. The normalized spacial score (nSPS) is 10.9. The largest absolute Gasteiger partial charge is 0.507 e. The zero-order chi connectivity index (χ0) is 10.6. The van der Waals surface area contributed by atoms with Crippen molar-refractivity contribution in [2.24, 2.45) is 0 Å². The molecule has 1 rings (SSSR count). The number of benzene rings is 1. The van der Waals surface area contributed by atoms with E-state index in [1.54, 1.807) is 0 Å². The molecular formula is C13H19O. The van der Waals surface area contributed by atoms with Crippen molar-refractivity contribution in [3.63, 3.8) is 0 Å². The Morgan fingerprint density at radius 2 is 2.14 bits per heavy atom. The second kappa shape index (κ2) is 5.04. The minimum Gasteiger partial charge on any atom is -0.507 e. The van der Waals surface area contributed by atoms with Gasteiger partial charge in [0.25, 0.3) is 0 Å². The smallest absolute Gasteiger partial charge is 0.127 e. The molecule has 0 bridgehead atoms. The molecule has 77 valence electrons. The number of hydrogen-bond acceptors (Lipinski definition) is 1. The second-order valence-corrected chi connectivity index (χ2v) is 4.02. The highest BCUT2D eigenvalue weighted by Crippen LogP contribution is 2.29. The van der Waals surface area contributed by atoms with Crippen molar-refractivity contribution in [2.45, 2.75) is 46.0 Å². The van der Waals surface area contributed by atoms with Gasteiger partial charge in [0.2, 0.25) is 0 Å². The zero-order valence-corrected chi connectivity index (χ0v) is 9.30. The third-order valence-electron chi connectivity index (χ3n) is 2.48. The lowest BCUT2D eigenvalue weighted by molar-refractivity contribution is 0.462. The Morgan fingerprint density at radius 1 is 1.43 bits per heavy atom. The number of unbranched alkanes of at least 4 members (excludes halogenated alkanes) is 1. The van der Waals surface area contributed by atoms with E-state index >= 15 is 0 Å². The highest BCUT2D eigenvalue weighted by molar-refractivity contribution is 5.40. The van der Waals surface area contributed by atoms with Crippen molar-refractivity contribution >= 4 is 0 Å². The first-order valence-electron chi connectivity index (χ1n) is 5.39. The molecule has 0 atom stereocenters. The van der Waals surface area contributed by atoms with Crippen LogP contribution in [0.2, 0.25) is 0 Å². The number of hydrogen-bond donors (Lipinski definition) is 1. The molecule has 0 fully saturated rings. The van der Waals surface area contributed by atoms with Crippen LogP contribution in [0.4, 0.5) is 0 Å². The topological polar surface area (TPSA) is 20.2 Å². The van der Waals surface area contributed by atoms with E-state index in [1.807, 2.05) is 6.07 Å². The van der Waals surface area contributed by atoms with Crippen LogP contribution >= 0.6 is 0 Å². The van der Waals surface area contributed by atoms with Crippen LogP contribution in [-0.2, 0) is 6.42 Å². The van der Waals surface area contributed by atoms with Gasteiger partial charge in [0.05, 0.1) is 0 Å². The van der Waals surface area contributed by atoms with Crippen LogP contribution in [0, 0.1) is 6.07 Å².